The second-order valence-corrected chi connectivity index (χ2v) is 18.7. The van der Waals surface area contributed by atoms with E-state index < -0.39 is 0 Å². The Morgan fingerprint density at radius 3 is 0.880 bits per heavy atom. The summed E-state index contributed by atoms with van der Waals surface area (Å²) in [5.41, 5.74) is 0. The van der Waals surface area contributed by atoms with Gasteiger partial charge in [-0.2, -0.15) is 0 Å². The minimum atomic E-state index is 0. The Balaban J connectivity index is 0.000000314. The molecule has 0 aromatic heterocycles. The van der Waals surface area contributed by atoms with Crippen LogP contribution in [0.4, 0.5) is 0 Å². The molecule has 298 valence electrons. The molecule has 0 atom stereocenters. The molecule has 13 aliphatic rings. The number of allylic oxidation sites excluding steroid dienone is 2. The summed E-state index contributed by atoms with van der Waals surface area (Å²) >= 11 is 0. The third kappa shape index (κ3) is 16.8. The second-order valence-electron chi connectivity index (χ2n) is 18.7. The van der Waals surface area contributed by atoms with E-state index in [1.54, 1.807) is 103 Å². The van der Waals surface area contributed by atoms with Crippen LogP contribution in [0.1, 0.15) is 249 Å². The molecule has 13 rings (SSSR count). The molecule has 0 heterocycles. The van der Waals surface area contributed by atoms with Crippen molar-refractivity contribution in [3.8, 4) is 0 Å². The van der Waals surface area contributed by atoms with Crippen LogP contribution in [0, 0.1) is 59.2 Å². The summed E-state index contributed by atoms with van der Waals surface area (Å²) in [6.45, 7) is 0. The summed E-state index contributed by atoms with van der Waals surface area (Å²) in [7, 11) is 0. The Morgan fingerprint density at radius 1 is 0.260 bits per heavy atom. The van der Waals surface area contributed by atoms with Crippen LogP contribution in [0.2, 0.25) is 0 Å². The van der Waals surface area contributed by atoms with Crippen molar-refractivity contribution in [1.82, 2.24) is 0 Å². The average Bonchev–Trinajstić information content (AvgIpc) is 3.86. The third-order valence-electron chi connectivity index (χ3n) is 14.7. The predicted molar refractivity (Wildman–Crippen MR) is 230 cm³/mol. The monoisotopic (exact) mass is 699 g/mol. The fourth-order valence-electron chi connectivity index (χ4n) is 12.3. The Labute approximate surface area is 319 Å². The van der Waals surface area contributed by atoms with E-state index in [-0.39, 0.29) is 37.1 Å². The Bertz CT molecular complexity index is 689. The van der Waals surface area contributed by atoms with Crippen molar-refractivity contribution in [3.63, 3.8) is 0 Å². The Kier molecular flexibility index (Phi) is 25.3. The molecule has 0 amide bonds. The lowest BCUT2D eigenvalue weighted by molar-refractivity contribution is 0.0198. The van der Waals surface area contributed by atoms with Gasteiger partial charge >= 0.3 is 0 Å². The standard InChI is InChI=1S/C11H20.C11H18.C10H16.C10H18.C3H6.5CH4/c2*1-4-10-6-2-7-11(5-1)9-3-8-10;1-7-2-9-4-8(1)5-10(3-7)6-9;1-2-6-10-8-4-3-7-9(10)5-1;1-2-3-1;;;;;/h10-11H,1-9H2;1,4,10-11H,2-3,5-9H2;7-10H,1-6H2;9-10H,1-8H2;1-3H2;5*1H4. The van der Waals surface area contributed by atoms with Crippen LogP contribution in [0.25, 0.3) is 0 Å². The second kappa shape index (κ2) is 26.5. The highest BCUT2D eigenvalue weighted by Crippen LogP contribution is 2.53. The SMILES string of the molecule is C.C.C.C.C.C1=CC2CCCC(C1)CCC2.C1C2CC3CC1CC(C2)C3.C1CC1.C1CC2CCCC(C1)CCC2.C1CCC2CCCCC2C1. The summed E-state index contributed by atoms with van der Waals surface area (Å²) in [4.78, 5) is 0. The maximum atomic E-state index is 2.48. The van der Waals surface area contributed by atoms with Crippen LogP contribution in [-0.2, 0) is 0 Å². The summed E-state index contributed by atoms with van der Waals surface area (Å²) < 4.78 is 0. The molecule has 0 saturated heterocycles. The molecule has 11 saturated carbocycles. The van der Waals surface area contributed by atoms with Crippen LogP contribution >= 0.6 is 0 Å². The Morgan fingerprint density at radius 2 is 0.560 bits per heavy atom. The van der Waals surface area contributed by atoms with Crippen molar-refractivity contribution in [2.75, 3.05) is 0 Å². The number of rotatable bonds is 0. The molecule has 0 nitrogen and oxygen atoms in total. The zero-order valence-corrected chi connectivity index (χ0v) is 30.3. The van der Waals surface area contributed by atoms with Gasteiger partial charge in [0.15, 0.2) is 0 Å². The van der Waals surface area contributed by atoms with Gasteiger partial charge in [0.05, 0.1) is 0 Å². The van der Waals surface area contributed by atoms with Gasteiger partial charge in [-0.3, -0.25) is 0 Å². The van der Waals surface area contributed by atoms with Gasteiger partial charge in [-0.25, -0.2) is 0 Å². The van der Waals surface area contributed by atoms with Gasteiger partial charge in [-0.15, -0.1) is 0 Å². The van der Waals surface area contributed by atoms with Crippen molar-refractivity contribution >= 4 is 0 Å². The average molecular weight is 699 g/mol. The molecule has 0 N–H and O–H groups in total. The molecule has 0 radical (unpaired) electrons. The molecule has 11 fully saturated rings. The van der Waals surface area contributed by atoms with Gasteiger partial charge in [0, 0.05) is 0 Å². The van der Waals surface area contributed by atoms with Gasteiger partial charge in [0.1, 0.15) is 0 Å². The molecular formula is C50H98. The van der Waals surface area contributed by atoms with Gasteiger partial charge in [-0.1, -0.05) is 203 Å². The lowest BCUT2D eigenvalue weighted by atomic mass is 9.56. The van der Waals surface area contributed by atoms with E-state index in [0.717, 1.165) is 35.5 Å². The molecule has 50 heavy (non-hydrogen) atoms. The van der Waals surface area contributed by atoms with E-state index >= 15 is 0 Å². The van der Waals surface area contributed by atoms with Gasteiger partial charge in [0.25, 0.3) is 0 Å². The number of hydrogen-bond donors (Lipinski definition) is 0. The fourth-order valence-corrected chi connectivity index (χ4v) is 12.3. The molecule has 0 heteroatoms. The van der Waals surface area contributed by atoms with Crippen molar-refractivity contribution in [2.24, 2.45) is 59.2 Å². The largest absolute Gasteiger partial charge is 0.0880 e. The first-order valence-corrected chi connectivity index (χ1v) is 21.9. The van der Waals surface area contributed by atoms with Crippen LogP contribution in [0.3, 0.4) is 0 Å². The zero-order chi connectivity index (χ0) is 30.5. The maximum Gasteiger partial charge on any atom is -0.0234 e. The van der Waals surface area contributed by atoms with Crippen molar-refractivity contribution in [1.29, 1.82) is 0 Å². The normalized spacial score (nSPS) is 38.1. The maximum absolute atomic E-state index is 2.48. The number of fused-ring (bicyclic) bond motifs is 12. The van der Waals surface area contributed by atoms with Gasteiger partial charge in [-0.05, 0) is 117 Å². The van der Waals surface area contributed by atoms with Gasteiger partial charge < -0.3 is 0 Å². The minimum Gasteiger partial charge on any atom is -0.0880 e. The van der Waals surface area contributed by atoms with E-state index in [9.17, 15) is 0 Å². The van der Waals surface area contributed by atoms with Crippen molar-refractivity contribution < 1.29 is 0 Å². The molecule has 8 bridgehead atoms. The van der Waals surface area contributed by atoms with Crippen LogP contribution < -0.4 is 0 Å². The van der Waals surface area contributed by atoms with E-state index in [0.29, 0.717) is 0 Å². The summed E-state index contributed by atoms with van der Waals surface area (Å²) in [5, 5.41) is 0. The smallest absolute Gasteiger partial charge is 0.0234 e. The molecule has 0 aliphatic heterocycles. The van der Waals surface area contributed by atoms with Crippen LogP contribution in [0.5, 0.6) is 0 Å². The molecular weight excluding hydrogens is 601 g/mol. The van der Waals surface area contributed by atoms with Gasteiger partial charge in [0.2, 0.25) is 0 Å². The van der Waals surface area contributed by atoms with Crippen LogP contribution in [-0.4, -0.2) is 0 Å². The quantitative estimate of drug-likeness (QED) is 0.221. The summed E-state index contributed by atoms with van der Waals surface area (Å²) in [6, 6.07) is 0. The first-order chi connectivity index (χ1) is 22.3. The highest BCUT2D eigenvalue weighted by atomic mass is 14.5. The highest BCUT2D eigenvalue weighted by molar-refractivity contribution is 4.94. The Hall–Kier alpha value is -0.260. The van der Waals surface area contributed by atoms with E-state index in [1.807, 2.05) is 0 Å². The molecule has 0 aromatic rings. The van der Waals surface area contributed by atoms with E-state index in [2.05, 4.69) is 12.2 Å². The van der Waals surface area contributed by atoms with E-state index in [1.165, 1.54) is 133 Å². The predicted octanol–water partition coefficient (Wildman–Crippen LogP) is 17.8. The minimum absolute atomic E-state index is 0. The summed E-state index contributed by atoms with van der Waals surface area (Å²) in [6.07, 6.45) is 55.6. The van der Waals surface area contributed by atoms with Crippen molar-refractivity contribution in [3.05, 3.63) is 12.2 Å². The lowest BCUT2D eigenvalue weighted by Gasteiger charge is -2.49. The molecule has 0 aromatic carbocycles. The first kappa shape index (κ1) is 47.8. The molecule has 0 unspecified atom stereocenters. The molecule has 0 spiro atoms. The zero-order valence-electron chi connectivity index (χ0n) is 30.3. The third-order valence-corrected chi connectivity index (χ3v) is 14.7. The topological polar surface area (TPSA) is 0 Å². The fraction of sp³-hybridized carbons (Fsp3) is 0.960. The molecule has 13 aliphatic carbocycles. The van der Waals surface area contributed by atoms with E-state index in [4.69, 9.17) is 0 Å². The highest BCUT2D eigenvalue weighted by Gasteiger charge is 2.41. The van der Waals surface area contributed by atoms with Crippen LogP contribution in [0.15, 0.2) is 12.2 Å². The summed E-state index contributed by atoms with van der Waals surface area (Å²) in [5.74, 6) is 11.2. The van der Waals surface area contributed by atoms with Crippen molar-refractivity contribution in [2.45, 2.75) is 249 Å². The lowest BCUT2D eigenvalue weighted by Crippen LogP contribution is -2.38. The number of hydrogen-bond acceptors (Lipinski definition) is 0. The first-order valence-electron chi connectivity index (χ1n) is 21.9.